The van der Waals surface area contributed by atoms with Crippen LogP contribution in [-0.2, 0) is 23.8 Å². The molecular formula is C11H13NO7. The van der Waals surface area contributed by atoms with Crippen molar-refractivity contribution in [2.24, 2.45) is 0 Å². The number of rotatable bonds is 6. The second-order valence-electron chi connectivity index (χ2n) is 4.05. The molecule has 0 bridgehead atoms. The minimum absolute atomic E-state index is 0.0760. The highest BCUT2D eigenvalue weighted by Crippen LogP contribution is 2.33. The summed E-state index contributed by atoms with van der Waals surface area (Å²) in [5.74, 6) is 0.291. The van der Waals surface area contributed by atoms with E-state index < -0.39 is 24.4 Å². The third-order valence-electron chi connectivity index (χ3n) is 2.80. The van der Waals surface area contributed by atoms with Gasteiger partial charge in [0.05, 0.1) is 12.7 Å². The van der Waals surface area contributed by atoms with Crippen LogP contribution in [-0.4, -0.2) is 42.0 Å². The second-order valence-corrected chi connectivity index (χ2v) is 4.05. The van der Waals surface area contributed by atoms with Gasteiger partial charge in [-0.3, -0.25) is 9.59 Å². The van der Waals surface area contributed by atoms with Gasteiger partial charge in [-0.05, 0) is 6.92 Å². The van der Waals surface area contributed by atoms with Gasteiger partial charge in [0.1, 0.15) is 5.69 Å². The van der Waals surface area contributed by atoms with Crippen molar-refractivity contribution in [1.29, 1.82) is 0 Å². The van der Waals surface area contributed by atoms with Crippen LogP contribution in [0, 0.1) is 0 Å². The zero-order valence-corrected chi connectivity index (χ0v) is 10.1. The van der Waals surface area contributed by atoms with E-state index in [0.29, 0.717) is 11.5 Å². The fourth-order valence-corrected chi connectivity index (χ4v) is 1.87. The van der Waals surface area contributed by atoms with Gasteiger partial charge in [-0.2, -0.15) is 0 Å². The molecule has 1 aliphatic rings. The van der Waals surface area contributed by atoms with Crippen molar-refractivity contribution in [2.45, 2.75) is 31.3 Å². The van der Waals surface area contributed by atoms with E-state index in [1.807, 2.05) is 0 Å². The first-order valence-electron chi connectivity index (χ1n) is 5.61. The zero-order chi connectivity index (χ0) is 13.8. The molecule has 2 heterocycles. The Kier molecular flexibility index (Phi) is 4.13. The van der Waals surface area contributed by atoms with Gasteiger partial charge in [-0.1, -0.05) is 5.16 Å². The van der Waals surface area contributed by atoms with E-state index in [2.05, 4.69) is 5.16 Å². The van der Waals surface area contributed by atoms with Gasteiger partial charge < -0.3 is 23.8 Å². The number of hydrogen-bond donors (Lipinski definition) is 1. The molecule has 104 valence electrons. The van der Waals surface area contributed by atoms with Crippen LogP contribution in [0.2, 0.25) is 0 Å². The highest BCUT2D eigenvalue weighted by Gasteiger charge is 2.43. The standard InChI is InChI=1S/C11H13NO7/c1-6(15)7-2-8(19-12-7)10-11(18-5-14)9(3-16-10)17-4-13/h2,4-6,9-11,15H,3H2,1H3. The number of aliphatic hydroxyl groups excluding tert-OH is 1. The number of carbonyl (C=O) groups excluding carboxylic acids is 2. The van der Waals surface area contributed by atoms with Crippen LogP contribution in [0.1, 0.15) is 30.6 Å². The van der Waals surface area contributed by atoms with Crippen LogP contribution in [0.25, 0.3) is 0 Å². The molecule has 1 aliphatic heterocycles. The monoisotopic (exact) mass is 271 g/mol. The highest BCUT2D eigenvalue weighted by atomic mass is 16.6. The van der Waals surface area contributed by atoms with Gasteiger partial charge in [0.25, 0.3) is 12.9 Å². The predicted molar refractivity (Wildman–Crippen MR) is 57.7 cm³/mol. The summed E-state index contributed by atoms with van der Waals surface area (Å²) in [6, 6.07) is 1.50. The first-order chi connectivity index (χ1) is 9.17. The van der Waals surface area contributed by atoms with E-state index in [-0.39, 0.29) is 19.6 Å². The number of hydrogen-bond acceptors (Lipinski definition) is 8. The molecule has 8 nitrogen and oxygen atoms in total. The fourth-order valence-electron chi connectivity index (χ4n) is 1.87. The van der Waals surface area contributed by atoms with Crippen molar-refractivity contribution in [2.75, 3.05) is 6.61 Å². The van der Waals surface area contributed by atoms with E-state index in [1.54, 1.807) is 0 Å². The van der Waals surface area contributed by atoms with Crippen LogP contribution in [0.4, 0.5) is 0 Å². The largest absolute Gasteiger partial charge is 0.458 e. The van der Waals surface area contributed by atoms with Gasteiger partial charge in [-0.25, -0.2) is 0 Å². The number of ether oxygens (including phenoxy) is 3. The Morgan fingerprint density at radius 2 is 2.21 bits per heavy atom. The van der Waals surface area contributed by atoms with Gasteiger partial charge >= 0.3 is 0 Å². The van der Waals surface area contributed by atoms with Gasteiger partial charge in [0, 0.05) is 6.07 Å². The SMILES string of the molecule is CC(O)c1cc(C2OCC(OC=O)C2OC=O)on1. The number of carbonyl (C=O) groups is 2. The third kappa shape index (κ3) is 2.74. The predicted octanol–water partition coefficient (Wildman–Crippen LogP) is -0.118. The van der Waals surface area contributed by atoms with Gasteiger partial charge in [0.2, 0.25) is 0 Å². The van der Waals surface area contributed by atoms with Crippen molar-refractivity contribution >= 4 is 12.9 Å². The van der Waals surface area contributed by atoms with Gasteiger partial charge in [0.15, 0.2) is 24.1 Å². The molecule has 0 aliphatic carbocycles. The minimum atomic E-state index is -0.808. The van der Waals surface area contributed by atoms with Crippen LogP contribution >= 0.6 is 0 Å². The molecule has 1 aromatic rings. The number of nitrogens with zero attached hydrogens (tertiary/aromatic N) is 1. The molecule has 19 heavy (non-hydrogen) atoms. The van der Waals surface area contributed by atoms with Crippen molar-refractivity contribution in [1.82, 2.24) is 5.16 Å². The van der Waals surface area contributed by atoms with E-state index in [4.69, 9.17) is 18.7 Å². The summed E-state index contributed by atoms with van der Waals surface area (Å²) >= 11 is 0. The lowest BCUT2D eigenvalue weighted by Gasteiger charge is -2.17. The topological polar surface area (TPSA) is 108 Å². The molecule has 0 amide bonds. The molecule has 1 N–H and O–H groups in total. The van der Waals surface area contributed by atoms with E-state index in [1.165, 1.54) is 13.0 Å². The molecule has 0 aromatic carbocycles. The Bertz CT molecular complexity index is 444. The summed E-state index contributed by atoms with van der Waals surface area (Å²) < 4.78 is 20.1. The van der Waals surface area contributed by atoms with Crippen molar-refractivity contribution in [3.05, 3.63) is 17.5 Å². The highest BCUT2D eigenvalue weighted by molar-refractivity contribution is 5.40. The van der Waals surface area contributed by atoms with E-state index >= 15 is 0 Å². The van der Waals surface area contributed by atoms with Crippen molar-refractivity contribution < 1.29 is 33.4 Å². The van der Waals surface area contributed by atoms with Crippen LogP contribution < -0.4 is 0 Å². The molecule has 0 spiro atoms. The first kappa shape index (κ1) is 13.5. The van der Waals surface area contributed by atoms with Crippen LogP contribution in [0.3, 0.4) is 0 Å². The third-order valence-corrected chi connectivity index (χ3v) is 2.80. The summed E-state index contributed by atoms with van der Waals surface area (Å²) in [6.07, 6.45) is -3.02. The molecule has 4 unspecified atom stereocenters. The van der Waals surface area contributed by atoms with Crippen molar-refractivity contribution in [3.8, 4) is 0 Å². The Hall–Kier alpha value is -1.93. The lowest BCUT2D eigenvalue weighted by molar-refractivity contribution is -0.149. The molecule has 0 radical (unpaired) electrons. The Morgan fingerprint density at radius 3 is 2.79 bits per heavy atom. The molecular weight excluding hydrogens is 258 g/mol. The number of aromatic nitrogens is 1. The first-order valence-corrected chi connectivity index (χ1v) is 5.61. The molecule has 4 atom stereocenters. The van der Waals surface area contributed by atoms with Crippen LogP contribution in [0.15, 0.2) is 10.6 Å². The maximum Gasteiger partial charge on any atom is 0.293 e. The Labute approximate surface area is 108 Å². The summed E-state index contributed by atoms with van der Waals surface area (Å²) in [6.45, 7) is 2.13. The van der Waals surface area contributed by atoms with Gasteiger partial charge in [-0.15, -0.1) is 0 Å². The lowest BCUT2D eigenvalue weighted by atomic mass is 10.1. The average Bonchev–Trinajstić information content (AvgIpc) is 2.98. The maximum absolute atomic E-state index is 10.5. The van der Waals surface area contributed by atoms with E-state index in [0.717, 1.165) is 0 Å². The summed E-state index contributed by atoms with van der Waals surface area (Å²) in [7, 11) is 0. The smallest absolute Gasteiger partial charge is 0.293 e. The summed E-state index contributed by atoms with van der Waals surface area (Å²) in [5, 5.41) is 13.0. The second kappa shape index (κ2) is 5.81. The minimum Gasteiger partial charge on any atom is -0.458 e. The Morgan fingerprint density at radius 1 is 1.47 bits per heavy atom. The summed E-state index contributed by atoms with van der Waals surface area (Å²) in [5.41, 5.74) is 0.336. The van der Waals surface area contributed by atoms with E-state index in [9.17, 15) is 14.7 Å². The molecule has 8 heteroatoms. The molecule has 1 saturated heterocycles. The maximum atomic E-state index is 10.5. The Balaban J connectivity index is 2.17. The molecule has 1 fully saturated rings. The molecule has 0 saturated carbocycles. The molecule has 2 rings (SSSR count). The quantitative estimate of drug-likeness (QED) is 0.713. The average molecular weight is 271 g/mol. The number of aliphatic hydroxyl groups is 1. The normalized spacial score (nSPS) is 27.8. The summed E-state index contributed by atoms with van der Waals surface area (Å²) in [4.78, 5) is 20.8. The lowest BCUT2D eigenvalue weighted by Crippen LogP contribution is -2.31. The molecule has 1 aromatic heterocycles. The van der Waals surface area contributed by atoms with Crippen LogP contribution in [0.5, 0.6) is 0 Å². The van der Waals surface area contributed by atoms with Crippen molar-refractivity contribution in [3.63, 3.8) is 0 Å². The fraction of sp³-hybridized carbons (Fsp3) is 0.545. The zero-order valence-electron chi connectivity index (χ0n) is 10.1.